The molecule has 1 fully saturated rings. The van der Waals surface area contributed by atoms with Gasteiger partial charge in [0.25, 0.3) is 0 Å². The molecule has 0 radical (unpaired) electrons. The van der Waals surface area contributed by atoms with E-state index in [2.05, 4.69) is 0 Å². The first-order chi connectivity index (χ1) is 5.31. The van der Waals surface area contributed by atoms with E-state index in [1.807, 2.05) is 0 Å². The van der Waals surface area contributed by atoms with Crippen LogP contribution in [-0.2, 0) is 19.0 Å². The summed E-state index contributed by atoms with van der Waals surface area (Å²) in [5, 5.41) is 0. The standard InChI is InChI=1S/C7H12O4/c1-9-6-3-5(4-8)7(10-2)11-6/h4-7H,3H2,1-2H3/t5-,6+,7-/m0/s1. The number of hydrogen-bond acceptors (Lipinski definition) is 4. The number of methoxy groups -OCH3 is 2. The van der Waals surface area contributed by atoms with Crippen molar-refractivity contribution in [3.63, 3.8) is 0 Å². The zero-order chi connectivity index (χ0) is 8.27. The predicted octanol–water partition coefficient (Wildman–Crippen LogP) is 0.167. The highest BCUT2D eigenvalue weighted by Crippen LogP contribution is 2.25. The second kappa shape index (κ2) is 3.80. The molecule has 1 saturated heterocycles. The Hall–Kier alpha value is -0.450. The number of hydrogen-bond donors (Lipinski definition) is 0. The SMILES string of the molecule is CO[C@H]1C[C@@H](C=O)[C@@H](OC)O1. The van der Waals surface area contributed by atoms with Crippen LogP contribution in [0.5, 0.6) is 0 Å². The van der Waals surface area contributed by atoms with Crippen molar-refractivity contribution >= 4 is 6.29 Å². The zero-order valence-electron chi connectivity index (χ0n) is 6.65. The van der Waals surface area contributed by atoms with Crippen molar-refractivity contribution < 1.29 is 19.0 Å². The van der Waals surface area contributed by atoms with Gasteiger partial charge in [-0.05, 0) is 0 Å². The van der Waals surface area contributed by atoms with Gasteiger partial charge in [-0.1, -0.05) is 0 Å². The average molecular weight is 160 g/mol. The molecule has 64 valence electrons. The van der Waals surface area contributed by atoms with Crippen LogP contribution in [0.1, 0.15) is 6.42 Å². The molecule has 0 aliphatic carbocycles. The second-order valence-electron chi connectivity index (χ2n) is 2.44. The third kappa shape index (κ3) is 1.77. The van der Waals surface area contributed by atoms with Crippen LogP contribution in [0.4, 0.5) is 0 Å². The normalized spacial score (nSPS) is 37.5. The maximum Gasteiger partial charge on any atom is 0.169 e. The van der Waals surface area contributed by atoms with Crippen molar-refractivity contribution in [2.24, 2.45) is 5.92 Å². The molecule has 11 heavy (non-hydrogen) atoms. The van der Waals surface area contributed by atoms with Crippen LogP contribution in [0, 0.1) is 5.92 Å². The highest BCUT2D eigenvalue weighted by Gasteiger charge is 2.34. The Morgan fingerprint density at radius 2 is 2.18 bits per heavy atom. The zero-order valence-corrected chi connectivity index (χ0v) is 6.65. The number of rotatable bonds is 3. The van der Waals surface area contributed by atoms with Crippen LogP contribution in [-0.4, -0.2) is 33.1 Å². The van der Waals surface area contributed by atoms with Gasteiger partial charge >= 0.3 is 0 Å². The fraction of sp³-hybridized carbons (Fsp3) is 0.857. The number of aldehydes is 1. The highest BCUT2D eigenvalue weighted by molar-refractivity contribution is 5.54. The van der Waals surface area contributed by atoms with Crippen LogP contribution >= 0.6 is 0 Å². The summed E-state index contributed by atoms with van der Waals surface area (Å²) < 4.78 is 15.0. The summed E-state index contributed by atoms with van der Waals surface area (Å²) in [5.74, 6) is -0.190. The molecule has 4 heteroatoms. The van der Waals surface area contributed by atoms with Gasteiger partial charge < -0.3 is 19.0 Å². The van der Waals surface area contributed by atoms with Crippen molar-refractivity contribution in [3.8, 4) is 0 Å². The van der Waals surface area contributed by atoms with Crippen molar-refractivity contribution in [1.29, 1.82) is 0 Å². The summed E-state index contributed by atoms with van der Waals surface area (Å²) in [7, 11) is 3.06. The van der Waals surface area contributed by atoms with Gasteiger partial charge in [0.05, 0.1) is 5.92 Å². The van der Waals surface area contributed by atoms with Crippen molar-refractivity contribution in [1.82, 2.24) is 0 Å². The van der Waals surface area contributed by atoms with Crippen molar-refractivity contribution in [2.75, 3.05) is 14.2 Å². The van der Waals surface area contributed by atoms with Crippen LogP contribution in [0.25, 0.3) is 0 Å². The summed E-state index contributed by atoms with van der Waals surface area (Å²) in [5.41, 5.74) is 0. The van der Waals surface area contributed by atoms with E-state index in [1.165, 1.54) is 7.11 Å². The molecular weight excluding hydrogens is 148 g/mol. The van der Waals surface area contributed by atoms with Gasteiger partial charge in [0.15, 0.2) is 12.6 Å². The minimum atomic E-state index is -0.433. The minimum absolute atomic E-state index is 0.190. The van der Waals surface area contributed by atoms with Crippen LogP contribution in [0.15, 0.2) is 0 Å². The van der Waals surface area contributed by atoms with Gasteiger partial charge in [-0.2, -0.15) is 0 Å². The van der Waals surface area contributed by atoms with E-state index in [0.29, 0.717) is 6.42 Å². The summed E-state index contributed by atoms with van der Waals surface area (Å²) >= 11 is 0. The first-order valence-electron chi connectivity index (χ1n) is 3.48. The summed E-state index contributed by atoms with van der Waals surface area (Å²) in [6, 6.07) is 0. The minimum Gasteiger partial charge on any atom is -0.356 e. The van der Waals surface area contributed by atoms with Crippen LogP contribution < -0.4 is 0 Å². The largest absolute Gasteiger partial charge is 0.356 e. The van der Waals surface area contributed by atoms with Crippen LogP contribution in [0.2, 0.25) is 0 Å². The lowest BCUT2D eigenvalue weighted by Crippen LogP contribution is -2.19. The molecular formula is C7H12O4. The average Bonchev–Trinajstić information content (AvgIpc) is 2.46. The Kier molecular flexibility index (Phi) is 2.99. The van der Waals surface area contributed by atoms with E-state index in [4.69, 9.17) is 14.2 Å². The lowest BCUT2D eigenvalue weighted by molar-refractivity contribution is -0.192. The Balaban J connectivity index is 2.47. The molecule has 0 saturated carbocycles. The predicted molar refractivity (Wildman–Crippen MR) is 36.9 cm³/mol. The van der Waals surface area contributed by atoms with E-state index in [0.717, 1.165) is 6.29 Å². The van der Waals surface area contributed by atoms with Gasteiger partial charge in [0, 0.05) is 20.6 Å². The Morgan fingerprint density at radius 3 is 2.55 bits per heavy atom. The fourth-order valence-electron chi connectivity index (χ4n) is 1.14. The lowest BCUT2D eigenvalue weighted by atomic mass is 10.1. The Bertz CT molecular complexity index is 136. The van der Waals surface area contributed by atoms with Crippen LogP contribution in [0.3, 0.4) is 0 Å². The molecule has 0 spiro atoms. The number of carbonyl (C=O) groups is 1. The quantitative estimate of drug-likeness (QED) is 0.552. The molecule has 0 bridgehead atoms. The van der Waals surface area contributed by atoms with E-state index in [9.17, 15) is 4.79 Å². The number of carbonyl (C=O) groups excluding carboxylic acids is 1. The number of ether oxygens (including phenoxy) is 3. The fourth-order valence-corrected chi connectivity index (χ4v) is 1.14. The summed E-state index contributed by atoms with van der Waals surface area (Å²) in [6.07, 6.45) is 0.693. The topological polar surface area (TPSA) is 44.8 Å². The van der Waals surface area contributed by atoms with Gasteiger partial charge in [-0.25, -0.2) is 0 Å². The molecule has 3 atom stereocenters. The van der Waals surface area contributed by atoms with Crippen molar-refractivity contribution in [2.45, 2.75) is 19.0 Å². The van der Waals surface area contributed by atoms with Gasteiger partial charge in [-0.15, -0.1) is 0 Å². The molecule has 0 unspecified atom stereocenters. The Labute approximate surface area is 65.4 Å². The highest BCUT2D eigenvalue weighted by atomic mass is 16.8. The molecule has 0 aromatic heterocycles. The third-order valence-electron chi connectivity index (χ3n) is 1.77. The molecule has 4 nitrogen and oxygen atoms in total. The van der Waals surface area contributed by atoms with Gasteiger partial charge in [-0.3, -0.25) is 0 Å². The molecule has 1 rings (SSSR count). The first kappa shape index (κ1) is 8.64. The third-order valence-corrected chi connectivity index (χ3v) is 1.77. The molecule has 1 aliphatic heterocycles. The molecule has 0 aromatic rings. The first-order valence-corrected chi connectivity index (χ1v) is 3.48. The van der Waals surface area contributed by atoms with Gasteiger partial charge in [0.1, 0.15) is 6.29 Å². The lowest BCUT2D eigenvalue weighted by Gasteiger charge is -2.11. The maximum absolute atomic E-state index is 10.4. The van der Waals surface area contributed by atoms with Gasteiger partial charge in [0.2, 0.25) is 0 Å². The molecule has 1 heterocycles. The van der Waals surface area contributed by atoms with E-state index < -0.39 is 6.29 Å². The molecule has 1 aliphatic rings. The van der Waals surface area contributed by atoms with E-state index >= 15 is 0 Å². The van der Waals surface area contributed by atoms with E-state index in [-0.39, 0.29) is 12.2 Å². The summed E-state index contributed by atoms with van der Waals surface area (Å²) in [6.45, 7) is 0. The maximum atomic E-state index is 10.4. The van der Waals surface area contributed by atoms with E-state index in [1.54, 1.807) is 7.11 Å². The summed E-state index contributed by atoms with van der Waals surface area (Å²) in [4.78, 5) is 10.4. The second-order valence-corrected chi connectivity index (χ2v) is 2.44. The van der Waals surface area contributed by atoms with Crippen molar-refractivity contribution in [3.05, 3.63) is 0 Å². The smallest absolute Gasteiger partial charge is 0.169 e. The Morgan fingerprint density at radius 1 is 1.45 bits per heavy atom. The molecule has 0 aromatic carbocycles. The monoisotopic (exact) mass is 160 g/mol. The molecule has 0 N–H and O–H groups in total. The molecule has 0 amide bonds.